The smallest absolute Gasteiger partial charge is 0.270 e. The predicted octanol–water partition coefficient (Wildman–Crippen LogP) is 4.78. The molecule has 0 aliphatic rings. The lowest BCUT2D eigenvalue weighted by Crippen LogP contribution is -2.32. The van der Waals surface area contributed by atoms with E-state index in [-0.39, 0.29) is 40.6 Å². The van der Waals surface area contributed by atoms with E-state index in [4.69, 9.17) is 0 Å². The molecule has 3 aromatic carbocycles. The molecular weight excluding hydrogens is 459 g/mol. The SMILES string of the molecule is CCN(Cc1nc2ccccc2c(=O)[nH]1)C(=O)c1cc([N+](=O)[O-])ccc1Sc1ccccc1F. The van der Waals surface area contributed by atoms with E-state index in [1.807, 2.05) is 0 Å². The quantitative estimate of drug-likeness (QED) is 0.302. The van der Waals surface area contributed by atoms with Crippen LogP contribution in [0.5, 0.6) is 0 Å². The number of aromatic amines is 1. The molecule has 1 heterocycles. The maximum Gasteiger partial charge on any atom is 0.270 e. The minimum atomic E-state index is -0.590. The minimum Gasteiger partial charge on any atom is -0.331 e. The van der Waals surface area contributed by atoms with E-state index in [1.165, 1.54) is 29.2 Å². The van der Waals surface area contributed by atoms with Crippen LogP contribution < -0.4 is 5.56 Å². The third-order valence-electron chi connectivity index (χ3n) is 5.13. The van der Waals surface area contributed by atoms with E-state index in [1.54, 1.807) is 49.4 Å². The van der Waals surface area contributed by atoms with Crippen molar-refractivity contribution in [3.63, 3.8) is 0 Å². The van der Waals surface area contributed by atoms with E-state index < -0.39 is 16.6 Å². The molecular formula is C24H19FN4O4S. The number of aromatic nitrogens is 2. The van der Waals surface area contributed by atoms with Crippen LogP contribution in [0.2, 0.25) is 0 Å². The summed E-state index contributed by atoms with van der Waals surface area (Å²) < 4.78 is 14.2. The molecule has 0 spiro atoms. The number of fused-ring (bicyclic) bond motifs is 1. The molecule has 4 rings (SSSR count). The number of non-ortho nitro benzene ring substituents is 1. The summed E-state index contributed by atoms with van der Waals surface area (Å²) >= 11 is 1.01. The molecule has 0 unspecified atom stereocenters. The largest absolute Gasteiger partial charge is 0.331 e. The number of hydrogen-bond donors (Lipinski definition) is 1. The van der Waals surface area contributed by atoms with Gasteiger partial charge < -0.3 is 9.88 Å². The van der Waals surface area contributed by atoms with Crippen molar-refractivity contribution < 1.29 is 14.1 Å². The van der Waals surface area contributed by atoms with Crippen molar-refractivity contribution in [2.24, 2.45) is 0 Å². The molecule has 34 heavy (non-hydrogen) atoms. The van der Waals surface area contributed by atoms with Gasteiger partial charge in [0.2, 0.25) is 0 Å². The summed E-state index contributed by atoms with van der Waals surface area (Å²) in [5.41, 5.74) is -0.0203. The molecule has 0 radical (unpaired) electrons. The van der Waals surface area contributed by atoms with Gasteiger partial charge in [0.15, 0.2) is 0 Å². The highest BCUT2D eigenvalue weighted by molar-refractivity contribution is 7.99. The number of benzene rings is 3. The van der Waals surface area contributed by atoms with Gasteiger partial charge in [-0.05, 0) is 37.3 Å². The number of H-pyrrole nitrogens is 1. The number of nitro groups is 1. The molecule has 0 aliphatic heterocycles. The summed E-state index contributed by atoms with van der Waals surface area (Å²) in [6, 6.07) is 16.8. The second-order valence-corrected chi connectivity index (χ2v) is 8.40. The summed E-state index contributed by atoms with van der Waals surface area (Å²) in [5, 5.41) is 11.8. The lowest BCUT2D eigenvalue weighted by molar-refractivity contribution is -0.384. The first-order valence-electron chi connectivity index (χ1n) is 10.4. The van der Waals surface area contributed by atoms with Gasteiger partial charge in [-0.2, -0.15) is 0 Å². The number of para-hydroxylation sites is 1. The third-order valence-corrected chi connectivity index (χ3v) is 6.26. The Morgan fingerprint density at radius 1 is 1.12 bits per heavy atom. The molecule has 0 saturated heterocycles. The number of nitrogens with one attached hydrogen (secondary N) is 1. The van der Waals surface area contributed by atoms with Crippen molar-refractivity contribution in [1.82, 2.24) is 14.9 Å². The van der Waals surface area contributed by atoms with Crippen molar-refractivity contribution in [1.29, 1.82) is 0 Å². The van der Waals surface area contributed by atoms with Gasteiger partial charge in [0.1, 0.15) is 11.6 Å². The van der Waals surface area contributed by atoms with Gasteiger partial charge in [-0.1, -0.05) is 36.0 Å². The van der Waals surface area contributed by atoms with Crippen LogP contribution in [0.1, 0.15) is 23.1 Å². The number of carbonyl (C=O) groups is 1. The Bertz CT molecular complexity index is 1460. The number of amides is 1. The topological polar surface area (TPSA) is 109 Å². The average molecular weight is 479 g/mol. The average Bonchev–Trinajstić information content (AvgIpc) is 2.83. The van der Waals surface area contributed by atoms with Crippen LogP contribution in [0, 0.1) is 15.9 Å². The van der Waals surface area contributed by atoms with Gasteiger partial charge in [-0.25, -0.2) is 9.37 Å². The van der Waals surface area contributed by atoms with Crippen molar-refractivity contribution in [3.8, 4) is 0 Å². The Kier molecular flexibility index (Phi) is 6.69. The van der Waals surface area contributed by atoms with Crippen molar-refractivity contribution >= 4 is 34.3 Å². The summed E-state index contributed by atoms with van der Waals surface area (Å²) in [5.74, 6) is -0.678. The Balaban J connectivity index is 1.70. The van der Waals surface area contributed by atoms with Crippen LogP contribution in [-0.2, 0) is 6.54 Å². The zero-order valence-electron chi connectivity index (χ0n) is 18.0. The number of nitrogens with zero attached hydrogens (tertiary/aromatic N) is 3. The highest BCUT2D eigenvalue weighted by Crippen LogP contribution is 2.34. The Morgan fingerprint density at radius 2 is 1.85 bits per heavy atom. The Labute approximate surface area is 197 Å². The minimum absolute atomic E-state index is 0.0120. The van der Waals surface area contributed by atoms with E-state index in [9.17, 15) is 24.1 Å². The normalized spacial score (nSPS) is 10.9. The molecule has 1 aromatic heterocycles. The van der Waals surface area contributed by atoms with Gasteiger partial charge in [0.25, 0.3) is 17.2 Å². The summed E-state index contributed by atoms with van der Waals surface area (Å²) in [6.07, 6.45) is 0. The summed E-state index contributed by atoms with van der Waals surface area (Å²) in [4.78, 5) is 45.8. The van der Waals surface area contributed by atoms with Crippen LogP contribution in [0.25, 0.3) is 10.9 Å². The fraction of sp³-hybridized carbons (Fsp3) is 0.125. The Morgan fingerprint density at radius 3 is 2.59 bits per heavy atom. The van der Waals surface area contributed by atoms with Gasteiger partial charge in [0, 0.05) is 28.5 Å². The molecule has 8 nitrogen and oxygen atoms in total. The molecule has 4 aromatic rings. The third kappa shape index (κ3) is 4.81. The first-order chi connectivity index (χ1) is 16.4. The number of rotatable bonds is 7. The molecule has 0 aliphatic carbocycles. The number of hydrogen-bond acceptors (Lipinski definition) is 6. The molecule has 1 N–H and O–H groups in total. The van der Waals surface area contributed by atoms with E-state index in [0.29, 0.717) is 15.8 Å². The molecule has 0 bridgehead atoms. The fourth-order valence-corrected chi connectivity index (χ4v) is 4.36. The summed E-state index contributed by atoms with van der Waals surface area (Å²) in [7, 11) is 0. The highest BCUT2D eigenvalue weighted by atomic mass is 32.2. The van der Waals surface area contributed by atoms with Crippen LogP contribution in [0.15, 0.2) is 81.3 Å². The molecule has 172 valence electrons. The zero-order valence-corrected chi connectivity index (χ0v) is 18.8. The maximum absolute atomic E-state index is 14.2. The van der Waals surface area contributed by atoms with Gasteiger partial charge in [-0.3, -0.25) is 19.7 Å². The molecule has 0 saturated carbocycles. The van der Waals surface area contributed by atoms with Gasteiger partial charge in [-0.15, -0.1) is 0 Å². The first kappa shape index (κ1) is 23.1. The van der Waals surface area contributed by atoms with Gasteiger partial charge >= 0.3 is 0 Å². The Hall–Kier alpha value is -4.05. The van der Waals surface area contributed by atoms with Crippen LogP contribution >= 0.6 is 11.8 Å². The van der Waals surface area contributed by atoms with E-state index in [0.717, 1.165) is 11.8 Å². The molecule has 10 heteroatoms. The lowest BCUT2D eigenvalue weighted by Gasteiger charge is -2.22. The van der Waals surface area contributed by atoms with Crippen molar-refractivity contribution in [2.75, 3.05) is 6.54 Å². The highest BCUT2D eigenvalue weighted by Gasteiger charge is 2.23. The second kappa shape index (κ2) is 9.84. The lowest BCUT2D eigenvalue weighted by atomic mass is 10.1. The van der Waals surface area contributed by atoms with Crippen molar-refractivity contribution in [2.45, 2.75) is 23.3 Å². The first-order valence-corrected chi connectivity index (χ1v) is 11.2. The van der Waals surface area contributed by atoms with Crippen molar-refractivity contribution in [3.05, 3.63) is 104 Å². The molecule has 0 fully saturated rings. The second-order valence-electron chi connectivity index (χ2n) is 7.32. The van der Waals surface area contributed by atoms with Crippen LogP contribution in [0.4, 0.5) is 10.1 Å². The van der Waals surface area contributed by atoms with Crippen LogP contribution in [0.3, 0.4) is 0 Å². The number of nitro benzene ring substituents is 1. The fourth-order valence-electron chi connectivity index (χ4n) is 3.42. The standard InChI is InChI=1S/C24H19FN4O4S/c1-2-28(14-22-26-19-9-5-3-7-16(19)23(30)27-22)24(31)17-13-15(29(32)33)11-12-20(17)34-21-10-6-4-8-18(21)25/h3-13H,2,14H2,1H3,(H,26,27,30). The van der Waals surface area contributed by atoms with Gasteiger partial charge in [0.05, 0.1) is 27.9 Å². The maximum atomic E-state index is 14.2. The molecule has 0 atom stereocenters. The molecule has 1 amide bonds. The predicted molar refractivity (Wildman–Crippen MR) is 126 cm³/mol. The summed E-state index contributed by atoms with van der Waals surface area (Å²) in [6.45, 7) is 1.99. The van der Waals surface area contributed by atoms with Crippen LogP contribution in [-0.4, -0.2) is 32.2 Å². The van der Waals surface area contributed by atoms with E-state index in [2.05, 4.69) is 9.97 Å². The number of halogens is 1. The monoisotopic (exact) mass is 478 g/mol. The van der Waals surface area contributed by atoms with E-state index >= 15 is 0 Å². The zero-order chi connectivity index (χ0) is 24.2. The number of carbonyl (C=O) groups excluding carboxylic acids is 1.